The molecule has 2 heterocycles. The third kappa shape index (κ3) is 3.54. The van der Waals surface area contributed by atoms with Crippen LogP contribution in [0.1, 0.15) is 31.7 Å². The number of nitrogens with zero attached hydrogens (tertiary/aromatic N) is 1. The molecule has 3 N–H and O–H groups in total. The first kappa shape index (κ1) is 18.7. The highest BCUT2D eigenvalue weighted by atomic mass is 16.5. The molecule has 0 radical (unpaired) electrons. The lowest BCUT2D eigenvalue weighted by molar-refractivity contribution is -0.142. The third-order valence-corrected chi connectivity index (χ3v) is 5.52. The summed E-state index contributed by atoms with van der Waals surface area (Å²) in [6, 6.07) is 7.37. The van der Waals surface area contributed by atoms with E-state index in [1.807, 2.05) is 24.3 Å². The number of hydrogen-bond donors (Lipinski definition) is 3. The molecule has 0 aromatic heterocycles. The molecule has 7 nitrogen and oxygen atoms in total. The van der Waals surface area contributed by atoms with Crippen LogP contribution in [0.25, 0.3) is 0 Å². The van der Waals surface area contributed by atoms with Gasteiger partial charge in [-0.2, -0.15) is 0 Å². The maximum absolute atomic E-state index is 12.9. The Kier molecular flexibility index (Phi) is 5.48. The van der Waals surface area contributed by atoms with E-state index in [1.54, 1.807) is 12.0 Å². The van der Waals surface area contributed by atoms with Gasteiger partial charge in [-0.05, 0) is 24.0 Å². The molecule has 2 unspecified atom stereocenters. The highest BCUT2D eigenvalue weighted by Gasteiger charge is 2.44. The van der Waals surface area contributed by atoms with Crippen LogP contribution < -0.4 is 15.6 Å². The molecule has 142 valence electrons. The first-order valence-electron chi connectivity index (χ1n) is 9.08. The number of methoxy groups -OCH3 is 1. The van der Waals surface area contributed by atoms with Gasteiger partial charge in [0.25, 0.3) is 0 Å². The summed E-state index contributed by atoms with van der Waals surface area (Å²) in [4.78, 5) is 26.4. The number of aliphatic carboxylic acids is 1. The number of likely N-dealkylation sites (tertiary alicyclic amines) is 1. The maximum Gasteiger partial charge on any atom is 0.308 e. The van der Waals surface area contributed by atoms with Crippen LogP contribution in [0.4, 0.5) is 0 Å². The highest BCUT2D eigenvalue weighted by Crippen LogP contribution is 2.38. The van der Waals surface area contributed by atoms with Crippen LogP contribution >= 0.6 is 0 Å². The molecule has 1 amide bonds. The van der Waals surface area contributed by atoms with Gasteiger partial charge in [0.05, 0.1) is 13.0 Å². The molecular formula is C19H27N3O4. The molecule has 4 atom stereocenters. The molecule has 2 aliphatic rings. The maximum atomic E-state index is 12.9. The van der Waals surface area contributed by atoms with E-state index in [0.29, 0.717) is 24.6 Å². The Morgan fingerprint density at radius 3 is 2.58 bits per heavy atom. The number of carboxylic acid groups (broad SMARTS) is 1. The van der Waals surface area contributed by atoms with Crippen molar-refractivity contribution in [3.8, 4) is 5.75 Å². The minimum absolute atomic E-state index is 0.0377. The summed E-state index contributed by atoms with van der Waals surface area (Å²) in [7, 11) is 1.58. The average molecular weight is 361 g/mol. The van der Waals surface area contributed by atoms with Crippen LogP contribution in [0.15, 0.2) is 24.3 Å². The summed E-state index contributed by atoms with van der Waals surface area (Å²) >= 11 is 0. The molecule has 0 saturated carbocycles. The van der Waals surface area contributed by atoms with Gasteiger partial charge in [0, 0.05) is 25.0 Å². The number of nitrogens with one attached hydrogen (secondary N) is 2. The third-order valence-electron chi connectivity index (χ3n) is 5.52. The van der Waals surface area contributed by atoms with Crippen molar-refractivity contribution in [2.24, 2.45) is 11.8 Å². The molecule has 1 aromatic rings. The number of benzene rings is 1. The van der Waals surface area contributed by atoms with Gasteiger partial charge in [-0.25, -0.2) is 5.43 Å². The van der Waals surface area contributed by atoms with Gasteiger partial charge in [0.1, 0.15) is 11.8 Å². The first-order chi connectivity index (χ1) is 12.4. The molecule has 0 spiro atoms. The van der Waals surface area contributed by atoms with Crippen LogP contribution in [0.3, 0.4) is 0 Å². The van der Waals surface area contributed by atoms with Crippen LogP contribution in [-0.4, -0.2) is 54.2 Å². The van der Waals surface area contributed by atoms with Gasteiger partial charge in [-0.1, -0.05) is 32.0 Å². The number of rotatable bonds is 5. The molecule has 1 aromatic carbocycles. The van der Waals surface area contributed by atoms with Crippen LogP contribution in [0.5, 0.6) is 5.75 Å². The zero-order valence-electron chi connectivity index (χ0n) is 15.4. The van der Waals surface area contributed by atoms with Crippen LogP contribution in [-0.2, 0) is 9.59 Å². The minimum atomic E-state index is -0.881. The fourth-order valence-electron chi connectivity index (χ4n) is 3.92. The fourth-order valence-corrected chi connectivity index (χ4v) is 3.92. The van der Waals surface area contributed by atoms with Crippen molar-refractivity contribution in [2.75, 3.05) is 20.2 Å². The summed E-state index contributed by atoms with van der Waals surface area (Å²) in [5, 5.41) is 9.68. The number of para-hydroxylation sites is 1. The van der Waals surface area contributed by atoms with Gasteiger partial charge in [-0.3, -0.25) is 15.0 Å². The lowest BCUT2D eigenvalue weighted by Gasteiger charge is -2.21. The van der Waals surface area contributed by atoms with E-state index in [2.05, 4.69) is 24.7 Å². The number of hydrazine groups is 1. The number of carbonyl (C=O) groups is 2. The normalized spacial score (nSPS) is 28.5. The average Bonchev–Trinajstić information content (AvgIpc) is 3.28. The van der Waals surface area contributed by atoms with Gasteiger partial charge in [-0.15, -0.1) is 0 Å². The topological polar surface area (TPSA) is 90.9 Å². The molecular weight excluding hydrogens is 334 g/mol. The molecule has 7 heteroatoms. The molecule has 0 bridgehead atoms. The second kappa shape index (κ2) is 7.63. The lowest BCUT2D eigenvalue weighted by Crippen LogP contribution is -2.45. The van der Waals surface area contributed by atoms with Crippen molar-refractivity contribution < 1.29 is 19.4 Å². The molecule has 2 aliphatic heterocycles. The Morgan fingerprint density at radius 1 is 1.23 bits per heavy atom. The van der Waals surface area contributed by atoms with E-state index in [0.717, 1.165) is 5.56 Å². The van der Waals surface area contributed by atoms with Gasteiger partial charge < -0.3 is 14.7 Å². The monoisotopic (exact) mass is 361 g/mol. The Hall–Kier alpha value is -2.12. The standard InChI is InChI=1S/C19H27N3O4/c1-11(2)15-8-16(21-20-15)18(23)22-9-13(14(10-22)19(24)25)12-6-4-5-7-17(12)26-3/h4-7,11,13-16,20-21H,8-10H2,1-3H3,(H,24,25)/t13-,14+,15?,16?/m1/s1. The van der Waals surface area contributed by atoms with Crippen LogP contribution in [0, 0.1) is 11.8 Å². The van der Waals surface area contributed by atoms with Crippen molar-refractivity contribution in [3.05, 3.63) is 29.8 Å². The van der Waals surface area contributed by atoms with Crippen molar-refractivity contribution in [2.45, 2.75) is 38.3 Å². The predicted octanol–water partition coefficient (Wildman–Crippen LogP) is 1.21. The van der Waals surface area contributed by atoms with E-state index in [9.17, 15) is 14.7 Å². The second-order valence-electron chi connectivity index (χ2n) is 7.46. The van der Waals surface area contributed by atoms with Crippen LogP contribution in [0.2, 0.25) is 0 Å². The molecule has 2 fully saturated rings. The quantitative estimate of drug-likeness (QED) is 0.730. The SMILES string of the molecule is COc1ccccc1[C@H]1CN(C(=O)C2CC(C(C)C)NN2)C[C@@H]1C(=O)O. The van der Waals surface area contributed by atoms with E-state index in [1.165, 1.54) is 0 Å². The van der Waals surface area contributed by atoms with Gasteiger partial charge in [0.15, 0.2) is 0 Å². The summed E-state index contributed by atoms with van der Waals surface area (Å²) in [6.07, 6.45) is 0.712. The smallest absolute Gasteiger partial charge is 0.308 e. The molecule has 0 aliphatic carbocycles. The Bertz CT molecular complexity index is 679. The van der Waals surface area contributed by atoms with E-state index in [4.69, 9.17) is 4.74 Å². The Balaban J connectivity index is 1.77. The van der Waals surface area contributed by atoms with E-state index >= 15 is 0 Å². The number of ether oxygens (including phenoxy) is 1. The van der Waals surface area contributed by atoms with Gasteiger partial charge in [0.2, 0.25) is 5.91 Å². The Morgan fingerprint density at radius 2 is 1.96 bits per heavy atom. The fraction of sp³-hybridized carbons (Fsp3) is 0.579. The summed E-state index contributed by atoms with van der Waals surface area (Å²) in [5.74, 6) is -0.739. The predicted molar refractivity (Wildman–Crippen MR) is 96.7 cm³/mol. The number of amides is 1. The number of hydrogen-bond acceptors (Lipinski definition) is 5. The highest BCUT2D eigenvalue weighted by molar-refractivity contribution is 5.84. The van der Waals surface area contributed by atoms with E-state index in [-0.39, 0.29) is 30.5 Å². The first-order valence-corrected chi connectivity index (χ1v) is 9.08. The summed E-state index contributed by atoms with van der Waals surface area (Å²) in [5.41, 5.74) is 7.09. The molecule has 2 saturated heterocycles. The van der Waals surface area contributed by atoms with E-state index < -0.39 is 11.9 Å². The molecule has 26 heavy (non-hydrogen) atoms. The molecule has 3 rings (SSSR count). The van der Waals surface area contributed by atoms with Gasteiger partial charge >= 0.3 is 5.97 Å². The Labute approximate surface area is 153 Å². The minimum Gasteiger partial charge on any atom is -0.496 e. The van der Waals surface area contributed by atoms with Crippen molar-refractivity contribution >= 4 is 11.9 Å². The zero-order valence-corrected chi connectivity index (χ0v) is 15.4. The zero-order chi connectivity index (χ0) is 18.8. The van der Waals surface area contributed by atoms with Crippen molar-refractivity contribution in [1.82, 2.24) is 15.8 Å². The summed E-state index contributed by atoms with van der Waals surface area (Å²) in [6.45, 7) is 4.84. The van der Waals surface area contributed by atoms with Crippen molar-refractivity contribution in [1.29, 1.82) is 0 Å². The summed E-state index contributed by atoms with van der Waals surface area (Å²) < 4.78 is 5.40. The number of carbonyl (C=O) groups excluding carboxylic acids is 1. The van der Waals surface area contributed by atoms with Crippen molar-refractivity contribution in [3.63, 3.8) is 0 Å². The number of carboxylic acids is 1. The lowest BCUT2D eigenvalue weighted by atomic mass is 9.88. The largest absolute Gasteiger partial charge is 0.496 e. The second-order valence-corrected chi connectivity index (χ2v) is 7.46.